The minimum absolute atomic E-state index is 0.0113. The van der Waals surface area contributed by atoms with Crippen LogP contribution in [0.4, 0.5) is 18.9 Å². The summed E-state index contributed by atoms with van der Waals surface area (Å²) in [7, 11) is 0. The summed E-state index contributed by atoms with van der Waals surface area (Å²) in [6, 6.07) is 11.7. The Labute approximate surface area is 151 Å². The van der Waals surface area contributed by atoms with Gasteiger partial charge in [0, 0.05) is 16.6 Å². The van der Waals surface area contributed by atoms with Crippen LogP contribution in [0, 0.1) is 5.82 Å². The van der Waals surface area contributed by atoms with Crippen LogP contribution in [0.1, 0.15) is 5.69 Å². The number of benzene rings is 2. The SMILES string of the molecule is O=C(Cc1csc(-c2cccc(F)c2)n1)Nc1ccc(OC(F)F)cc1. The molecule has 0 bridgehead atoms. The average Bonchev–Trinajstić information content (AvgIpc) is 3.04. The van der Waals surface area contributed by atoms with Crippen molar-refractivity contribution in [3.63, 3.8) is 0 Å². The summed E-state index contributed by atoms with van der Waals surface area (Å²) in [5, 5.41) is 5.01. The lowest BCUT2D eigenvalue weighted by Gasteiger charge is -2.07. The largest absolute Gasteiger partial charge is 0.435 e. The van der Waals surface area contributed by atoms with E-state index in [4.69, 9.17) is 0 Å². The molecular formula is C18H13F3N2O2S. The van der Waals surface area contributed by atoms with E-state index in [2.05, 4.69) is 15.0 Å². The Morgan fingerprint density at radius 1 is 1.19 bits per heavy atom. The van der Waals surface area contributed by atoms with Gasteiger partial charge in [-0.05, 0) is 36.4 Å². The molecule has 1 N–H and O–H groups in total. The first-order valence-corrected chi connectivity index (χ1v) is 8.42. The molecule has 8 heteroatoms. The van der Waals surface area contributed by atoms with Gasteiger partial charge < -0.3 is 10.1 Å². The normalized spacial score (nSPS) is 10.8. The monoisotopic (exact) mass is 378 g/mol. The zero-order valence-electron chi connectivity index (χ0n) is 13.3. The number of carbonyl (C=O) groups excluding carboxylic acids is 1. The zero-order chi connectivity index (χ0) is 18.5. The summed E-state index contributed by atoms with van der Waals surface area (Å²) in [5.41, 5.74) is 1.66. The molecule has 0 radical (unpaired) electrons. The maximum absolute atomic E-state index is 13.3. The number of anilines is 1. The van der Waals surface area contributed by atoms with E-state index in [-0.39, 0.29) is 23.9 Å². The molecule has 134 valence electrons. The topological polar surface area (TPSA) is 51.2 Å². The first-order valence-electron chi connectivity index (χ1n) is 7.54. The van der Waals surface area contributed by atoms with Crippen LogP contribution in [-0.4, -0.2) is 17.5 Å². The number of hydrogen-bond donors (Lipinski definition) is 1. The number of ether oxygens (including phenoxy) is 1. The van der Waals surface area contributed by atoms with E-state index < -0.39 is 6.61 Å². The van der Waals surface area contributed by atoms with Gasteiger partial charge in [0.25, 0.3) is 0 Å². The van der Waals surface area contributed by atoms with Crippen LogP contribution in [0.15, 0.2) is 53.9 Å². The maximum Gasteiger partial charge on any atom is 0.387 e. The fraction of sp³-hybridized carbons (Fsp3) is 0.111. The van der Waals surface area contributed by atoms with Gasteiger partial charge in [0.05, 0.1) is 12.1 Å². The number of thiazole rings is 1. The van der Waals surface area contributed by atoms with Crippen molar-refractivity contribution in [2.45, 2.75) is 13.0 Å². The van der Waals surface area contributed by atoms with Gasteiger partial charge in [-0.2, -0.15) is 8.78 Å². The van der Waals surface area contributed by atoms with Gasteiger partial charge >= 0.3 is 6.61 Å². The standard InChI is InChI=1S/C18H13F3N2O2S/c19-12-3-1-2-11(8-12)17-23-14(10-26-17)9-16(24)22-13-4-6-15(7-5-13)25-18(20)21/h1-8,10,18H,9H2,(H,22,24). The Morgan fingerprint density at radius 2 is 1.96 bits per heavy atom. The molecule has 0 aliphatic rings. The molecule has 1 heterocycles. The van der Waals surface area contributed by atoms with E-state index in [0.717, 1.165) is 0 Å². The number of alkyl halides is 2. The molecule has 0 atom stereocenters. The average molecular weight is 378 g/mol. The van der Waals surface area contributed by atoms with Crippen LogP contribution in [-0.2, 0) is 11.2 Å². The molecule has 0 spiro atoms. The number of nitrogens with one attached hydrogen (secondary N) is 1. The van der Waals surface area contributed by atoms with E-state index in [1.807, 2.05) is 0 Å². The number of halogens is 3. The third-order valence-electron chi connectivity index (χ3n) is 3.33. The number of rotatable bonds is 6. The van der Waals surface area contributed by atoms with Crippen molar-refractivity contribution in [3.05, 3.63) is 65.4 Å². The lowest BCUT2D eigenvalue weighted by atomic mass is 10.2. The summed E-state index contributed by atoms with van der Waals surface area (Å²) in [6.07, 6.45) is 0.0428. The Hall–Kier alpha value is -2.87. The molecule has 0 saturated carbocycles. The van der Waals surface area contributed by atoms with E-state index in [0.29, 0.717) is 22.0 Å². The van der Waals surface area contributed by atoms with Crippen molar-refractivity contribution in [1.82, 2.24) is 4.98 Å². The van der Waals surface area contributed by atoms with Crippen molar-refractivity contribution in [2.24, 2.45) is 0 Å². The Bertz CT molecular complexity index is 897. The highest BCUT2D eigenvalue weighted by Crippen LogP contribution is 2.24. The van der Waals surface area contributed by atoms with Gasteiger partial charge in [-0.15, -0.1) is 11.3 Å². The van der Waals surface area contributed by atoms with E-state index in [1.54, 1.807) is 17.5 Å². The minimum Gasteiger partial charge on any atom is -0.435 e. The lowest BCUT2D eigenvalue weighted by Crippen LogP contribution is -2.14. The Morgan fingerprint density at radius 3 is 2.65 bits per heavy atom. The quantitative estimate of drug-likeness (QED) is 0.675. The Kier molecular flexibility index (Phi) is 5.52. The second kappa shape index (κ2) is 8.01. The van der Waals surface area contributed by atoms with Gasteiger partial charge in [-0.25, -0.2) is 9.37 Å². The minimum atomic E-state index is -2.90. The van der Waals surface area contributed by atoms with Crippen LogP contribution < -0.4 is 10.1 Å². The van der Waals surface area contributed by atoms with Crippen LogP contribution in [0.25, 0.3) is 10.6 Å². The van der Waals surface area contributed by atoms with Crippen molar-refractivity contribution in [2.75, 3.05) is 5.32 Å². The highest BCUT2D eigenvalue weighted by molar-refractivity contribution is 7.13. The highest BCUT2D eigenvalue weighted by Gasteiger charge is 2.10. The molecule has 0 fully saturated rings. The number of amides is 1. The van der Waals surface area contributed by atoms with Crippen LogP contribution >= 0.6 is 11.3 Å². The van der Waals surface area contributed by atoms with E-state index in [9.17, 15) is 18.0 Å². The summed E-state index contributed by atoms with van der Waals surface area (Å²) >= 11 is 1.32. The van der Waals surface area contributed by atoms with Crippen LogP contribution in [0.3, 0.4) is 0 Å². The van der Waals surface area contributed by atoms with Crippen molar-refractivity contribution in [3.8, 4) is 16.3 Å². The Balaban J connectivity index is 1.60. The van der Waals surface area contributed by atoms with Crippen molar-refractivity contribution >= 4 is 22.9 Å². The predicted molar refractivity (Wildman–Crippen MR) is 92.9 cm³/mol. The second-order valence-corrected chi connectivity index (χ2v) is 6.14. The van der Waals surface area contributed by atoms with Crippen molar-refractivity contribution < 1.29 is 22.7 Å². The third kappa shape index (κ3) is 4.82. The fourth-order valence-corrected chi connectivity index (χ4v) is 3.05. The molecule has 26 heavy (non-hydrogen) atoms. The fourth-order valence-electron chi connectivity index (χ4n) is 2.23. The number of hydrogen-bond acceptors (Lipinski definition) is 4. The molecular weight excluding hydrogens is 365 g/mol. The molecule has 0 aliphatic heterocycles. The predicted octanol–water partition coefficient (Wildman–Crippen LogP) is 4.73. The molecule has 1 amide bonds. The van der Waals surface area contributed by atoms with Gasteiger partial charge in [0.15, 0.2) is 0 Å². The molecule has 0 unspecified atom stereocenters. The van der Waals surface area contributed by atoms with Crippen LogP contribution in [0.2, 0.25) is 0 Å². The molecule has 3 rings (SSSR count). The van der Waals surface area contributed by atoms with Crippen molar-refractivity contribution in [1.29, 1.82) is 0 Å². The first kappa shape index (κ1) is 17.9. The second-order valence-electron chi connectivity index (χ2n) is 5.28. The van der Waals surface area contributed by atoms with Gasteiger partial charge in [0.2, 0.25) is 5.91 Å². The molecule has 3 aromatic rings. The third-order valence-corrected chi connectivity index (χ3v) is 4.27. The number of aromatic nitrogens is 1. The first-order chi connectivity index (χ1) is 12.5. The smallest absolute Gasteiger partial charge is 0.387 e. The molecule has 1 aromatic heterocycles. The maximum atomic E-state index is 13.3. The van der Waals surface area contributed by atoms with Gasteiger partial charge in [-0.3, -0.25) is 4.79 Å². The van der Waals surface area contributed by atoms with Gasteiger partial charge in [0.1, 0.15) is 16.6 Å². The van der Waals surface area contributed by atoms with Crippen LogP contribution in [0.5, 0.6) is 5.75 Å². The molecule has 2 aromatic carbocycles. The summed E-state index contributed by atoms with van der Waals surface area (Å²) < 4.78 is 41.7. The summed E-state index contributed by atoms with van der Waals surface area (Å²) in [6.45, 7) is -2.90. The molecule has 4 nitrogen and oxygen atoms in total. The zero-order valence-corrected chi connectivity index (χ0v) is 14.1. The highest BCUT2D eigenvalue weighted by atomic mass is 32.1. The molecule has 0 aliphatic carbocycles. The number of carbonyl (C=O) groups is 1. The molecule has 0 saturated heterocycles. The summed E-state index contributed by atoms with van der Waals surface area (Å²) in [5.74, 6) is -0.642. The van der Waals surface area contributed by atoms with E-state index >= 15 is 0 Å². The lowest BCUT2D eigenvalue weighted by molar-refractivity contribution is -0.115. The number of nitrogens with zero attached hydrogens (tertiary/aromatic N) is 1. The van der Waals surface area contributed by atoms with E-state index in [1.165, 1.54) is 47.7 Å². The summed E-state index contributed by atoms with van der Waals surface area (Å²) in [4.78, 5) is 16.4. The van der Waals surface area contributed by atoms with Gasteiger partial charge in [-0.1, -0.05) is 12.1 Å².